The molecule has 0 aromatic heterocycles. The minimum absolute atomic E-state index is 0.236. The van der Waals surface area contributed by atoms with E-state index in [0.717, 1.165) is 24.0 Å². The van der Waals surface area contributed by atoms with E-state index in [0.29, 0.717) is 18.8 Å². The second kappa shape index (κ2) is 5.05. The number of rotatable bonds is 2. The van der Waals surface area contributed by atoms with Gasteiger partial charge in [-0.1, -0.05) is 24.3 Å². The maximum atomic E-state index is 12.1. The summed E-state index contributed by atoms with van der Waals surface area (Å²) in [5, 5.41) is 13.0. The third kappa shape index (κ3) is 2.36. The Morgan fingerprint density at radius 2 is 2.21 bits per heavy atom. The average Bonchev–Trinajstić information content (AvgIpc) is 2.76. The van der Waals surface area contributed by atoms with Gasteiger partial charge in [0.25, 0.3) is 5.91 Å². The van der Waals surface area contributed by atoms with Crippen molar-refractivity contribution in [2.45, 2.75) is 31.4 Å². The van der Waals surface area contributed by atoms with E-state index in [1.165, 1.54) is 0 Å². The van der Waals surface area contributed by atoms with Crippen molar-refractivity contribution in [3.05, 3.63) is 47.2 Å². The SMILES string of the molecule is O=C(N[C@@H]1c2ccccc2C[C@@H]1O)C1=CCCCO1. The molecule has 1 aromatic rings. The number of amides is 1. The highest BCUT2D eigenvalue weighted by Gasteiger charge is 2.32. The van der Waals surface area contributed by atoms with Crippen molar-refractivity contribution in [1.82, 2.24) is 5.32 Å². The van der Waals surface area contributed by atoms with Gasteiger partial charge in [-0.2, -0.15) is 0 Å². The Morgan fingerprint density at radius 1 is 1.37 bits per heavy atom. The van der Waals surface area contributed by atoms with Gasteiger partial charge in [-0.25, -0.2) is 0 Å². The third-order valence-electron chi connectivity index (χ3n) is 3.65. The van der Waals surface area contributed by atoms with E-state index in [-0.39, 0.29) is 11.9 Å². The molecule has 4 heteroatoms. The van der Waals surface area contributed by atoms with Crippen LogP contribution in [-0.2, 0) is 16.0 Å². The van der Waals surface area contributed by atoms with Crippen molar-refractivity contribution < 1.29 is 14.6 Å². The molecular weight excluding hydrogens is 242 g/mol. The summed E-state index contributed by atoms with van der Waals surface area (Å²) in [6.45, 7) is 0.586. The van der Waals surface area contributed by atoms with Crippen molar-refractivity contribution in [3.63, 3.8) is 0 Å². The second-order valence-corrected chi connectivity index (χ2v) is 4.98. The first kappa shape index (κ1) is 12.2. The summed E-state index contributed by atoms with van der Waals surface area (Å²) in [6.07, 6.45) is 3.65. The van der Waals surface area contributed by atoms with Gasteiger partial charge in [0.15, 0.2) is 5.76 Å². The first-order valence-corrected chi connectivity index (χ1v) is 6.65. The summed E-state index contributed by atoms with van der Waals surface area (Å²) < 4.78 is 5.34. The summed E-state index contributed by atoms with van der Waals surface area (Å²) in [5.41, 5.74) is 2.10. The van der Waals surface area contributed by atoms with E-state index in [2.05, 4.69) is 5.32 Å². The van der Waals surface area contributed by atoms with Crippen LogP contribution >= 0.6 is 0 Å². The number of benzene rings is 1. The van der Waals surface area contributed by atoms with E-state index in [1.807, 2.05) is 30.3 Å². The summed E-state index contributed by atoms with van der Waals surface area (Å²) >= 11 is 0. The second-order valence-electron chi connectivity index (χ2n) is 4.98. The Kier molecular flexibility index (Phi) is 3.25. The molecule has 1 aliphatic heterocycles. The highest BCUT2D eigenvalue weighted by Crippen LogP contribution is 2.31. The van der Waals surface area contributed by atoms with Crippen molar-refractivity contribution in [2.75, 3.05) is 6.61 Å². The first-order valence-electron chi connectivity index (χ1n) is 6.65. The lowest BCUT2D eigenvalue weighted by atomic mass is 10.1. The fourth-order valence-electron chi connectivity index (χ4n) is 2.68. The quantitative estimate of drug-likeness (QED) is 0.845. The van der Waals surface area contributed by atoms with E-state index < -0.39 is 6.10 Å². The predicted octanol–water partition coefficient (Wildman–Crippen LogP) is 1.46. The number of carbonyl (C=O) groups excluding carboxylic acids is 1. The van der Waals surface area contributed by atoms with Gasteiger partial charge in [0.2, 0.25) is 0 Å². The molecule has 0 saturated heterocycles. The molecule has 0 radical (unpaired) electrons. The molecule has 0 bridgehead atoms. The molecule has 0 saturated carbocycles. The minimum atomic E-state index is -0.564. The normalized spacial score (nSPS) is 25.2. The minimum Gasteiger partial charge on any atom is -0.488 e. The fraction of sp³-hybridized carbons (Fsp3) is 0.400. The monoisotopic (exact) mass is 259 g/mol. The van der Waals surface area contributed by atoms with Crippen LogP contribution in [0.4, 0.5) is 0 Å². The Morgan fingerprint density at radius 3 is 3.00 bits per heavy atom. The van der Waals surface area contributed by atoms with Gasteiger partial charge in [-0.15, -0.1) is 0 Å². The Balaban J connectivity index is 1.76. The lowest BCUT2D eigenvalue weighted by Crippen LogP contribution is -2.35. The Bertz CT molecular complexity index is 524. The topological polar surface area (TPSA) is 58.6 Å². The van der Waals surface area contributed by atoms with E-state index in [9.17, 15) is 9.90 Å². The van der Waals surface area contributed by atoms with Crippen LogP contribution in [0.15, 0.2) is 36.1 Å². The summed E-state index contributed by atoms with van der Waals surface area (Å²) in [4.78, 5) is 12.1. The molecule has 0 spiro atoms. The van der Waals surface area contributed by atoms with Gasteiger partial charge in [-0.05, 0) is 30.0 Å². The molecule has 100 valence electrons. The van der Waals surface area contributed by atoms with E-state index in [1.54, 1.807) is 0 Å². The zero-order valence-corrected chi connectivity index (χ0v) is 10.6. The molecule has 4 nitrogen and oxygen atoms in total. The average molecular weight is 259 g/mol. The molecular formula is C15H17NO3. The number of carbonyl (C=O) groups is 1. The molecule has 0 fully saturated rings. The molecule has 1 aliphatic carbocycles. The van der Waals surface area contributed by atoms with Gasteiger partial charge in [-0.3, -0.25) is 4.79 Å². The Labute approximate surface area is 112 Å². The molecule has 1 amide bonds. The van der Waals surface area contributed by atoms with Crippen LogP contribution in [0.2, 0.25) is 0 Å². The molecule has 19 heavy (non-hydrogen) atoms. The highest BCUT2D eigenvalue weighted by molar-refractivity contribution is 5.92. The molecule has 2 aliphatic rings. The lowest BCUT2D eigenvalue weighted by molar-refractivity contribution is -0.122. The van der Waals surface area contributed by atoms with Gasteiger partial charge in [0.1, 0.15) is 0 Å². The molecule has 2 N–H and O–H groups in total. The van der Waals surface area contributed by atoms with Crippen molar-refractivity contribution in [1.29, 1.82) is 0 Å². The number of fused-ring (bicyclic) bond motifs is 1. The van der Waals surface area contributed by atoms with Crippen LogP contribution in [0.1, 0.15) is 30.0 Å². The van der Waals surface area contributed by atoms with Gasteiger partial charge >= 0.3 is 0 Å². The standard InChI is InChI=1S/C15H17NO3/c17-12-9-10-5-1-2-6-11(10)14(12)16-15(18)13-7-3-4-8-19-13/h1-2,5-7,12,14,17H,3-4,8-9H2,(H,16,18)/t12-,14+/m0/s1. The molecule has 2 atom stereocenters. The smallest absolute Gasteiger partial charge is 0.286 e. The van der Waals surface area contributed by atoms with E-state index >= 15 is 0 Å². The molecule has 1 heterocycles. The van der Waals surface area contributed by atoms with Crippen molar-refractivity contribution in [2.24, 2.45) is 0 Å². The number of ether oxygens (including phenoxy) is 1. The van der Waals surface area contributed by atoms with Crippen LogP contribution in [0.3, 0.4) is 0 Å². The Hall–Kier alpha value is -1.81. The largest absolute Gasteiger partial charge is 0.488 e. The molecule has 3 rings (SSSR count). The first-order chi connectivity index (χ1) is 9.25. The number of hydrogen-bond acceptors (Lipinski definition) is 3. The summed E-state index contributed by atoms with van der Waals surface area (Å²) in [6, 6.07) is 7.47. The van der Waals surface area contributed by atoms with Crippen molar-refractivity contribution >= 4 is 5.91 Å². The number of aliphatic hydroxyl groups excluding tert-OH is 1. The zero-order chi connectivity index (χ0) is 13.2. The van der Waals surface area contributed by atoms with E-state index in [4.69, 9.17) is 4.74 Å². The summed E-state index contributed by atoms with van der Waals surface area (Å²) in [7, 11) is 0. The van der Waals surface area contributed by atoms with Crippen LogP contribution in [0.25, 0.3) is 0 Å². The number of aliphatic hydroxyl groups is 1. The maximum absolute atomic E-state index is 12.1. The van der Waals surface area contributed by atoms with Crippen LogP contribution in [0.5, 0.6) is 0 Å². The predicted molar refractivity (Wildman–Crippen MR) is 70.3 cm³/mol. The molecule has 0 unspecified atom stereocenters. The maximum Gasteiger partial charge on any atom is 0.286 e. The van der Waals surface area contributed by atoms with Crippen molar-refractivity contribution in [3.8, 4) is 0 Å². The van der Waals surface area contributed by atoms with Crippen LogP contribution in [0, 0.1) is 0 Å². The number of nitrogens with one attached hydrogen (secondary N) is 1. The summed E-state index contributed by atoms with van der Waals surface area (Å²) in [5.74, 6) is 0.142. The van der Waals surface area contributed by atoms with Gasteiger partial charge in [0.05, 0.1) is 18.8 Å². The molecule has 1 aromatic carbocycles. The fourth-order valence-corrected chi connectivity index (χ4v) is 2.68. The highest BCUT2D eigenvalue weighted by atomic mass is 16.5. The number of allylic oxidation sites excluding steroid dienone is 1. The van der Waals surface area contributed by atoms with Crippen LogP contribution in [-0.4, -0.2) is 23.7 Å². The van der Waals surface area contributed by atoms with Gasteiger partial charge in [0, 0.05) is 6.42 Å². The van der Waals surface area contributed by atoms with Crippen LogP contribution < -0.4 is 5.32 Å². The number of hydrogen-bond donors (Lipinski definition) is 2. The lowest BCUT2D eigenvalue weighted by Gasteiger charge is -2.20. The zero-order valence-electron chi connectivity index (χ0n) is 10.6. The van der Waals surface area contributed by atoms with Gasteiger partial charge < -0.3 is 15.2 Å². The third-order valence-corrected chi connectivity index (χ3v) is 3.65.